The van der Waals surface area contributed by atoms with Crippen LogP contribution in [0.25, 0.3) is 0 Å². The number of rotatable bonds is 8. The zero-order valence-electron chi connectivity index (χ0n) is 16.2. The van der Waals surface area contributed by atoms with Crippen molar-refractivity contribution in [3.05, 3.63) is 45.9 Å². The highest BCUT2D eigenvalue weighted by Crippen LogP contribution is 2.20. The molecule has 0 spiro atoms. The van der Waals surface area contributed by atoms with E-state index in [1.165, 1.54) is 5.56 Å². The third-order valence-electron chi connectivity index (χ3n) is 4.10. The van der Waals surface area contributed by atoms with Crippen LogP contribution in [0, 0.1) is 0 Å². The van der Waals surface area contributed by atoms with Gasteiger partial charge in [0.2, 0.25) is 0 Å². The minimum Gasteiger partial charge on any atom is -0.497 e. The summed E-state index contributed by atoms with van der Waals surface area (Å²) in [6, 6.07) is 8.13. The standard InChI is InChI=1S/C19H28N4O2S/c1-14(24-4)18-22-16(13-26-18)12-23(3)19(20-2)21-11-10-15-6-8-17(25-5)9-7-15/h6-9,13-14H,10-12H2,1-5H3,(H,20,21). The highest BCUT2D eigenvalue weighted by molar-refractivity contribution is 7.09. The molecule has 26 heavy (non-hydrogen) atoms. The van der Waals surface area contributed by atoms with Gasteiger partial charge in [-0.05, 0) is 31.0 Å². The van der Waals surface area contributed by atoms with E-state index in [0.29, 0.717) is 6.54 Å². The summed E-state index contributed by atoms with van der Waals surface area (Å²) in [7, 11) is 7.19. The molecule has 7 heteroatoms. The summed E-state index contributed by atoms with van der Waals surface area (Å²) in [5.41, 5.74) is 2.28. The lowest BCUT2D eigenvalue weighted by Gasteiger charge is -2.21. The molecule has 0 aliphatic carbocycles. The maximum Gasteiger partial charge on any atom is 0.193 e. The van der Waals surface area contributed by atoms with Gasteiger partial charge in [-0.2, -0.15) is 0 Å². The molecule has 142 valence electrons. The van der Waals surface area contributed by atoms with Gasteiger partial charge in [-0.1, -0.05) is 12.1 Å². The lowest BCUT2D eigenvalue weighted by molar-refractivity contribution is 0.119. The third kappa shape index (κ3) is 5.71. The lowest BCUT2D eigenvalue weighted by atomic mass is 10.1. The molecule has 1 unspecified atom stereocenters. The predicted octanol–water partition coefficient (Wildman–Crippen LogP) is 3.11. The van der Waals surface area contributed by atoms with Crippen LogP contribution < -0.4 is 10.1 Å². The first-order chi connectivity index (χ1) is 12.6. The second-order valence-electron chi connectivity index (χ2n) is 5.98. The molecule has 0 aliphatic heterocycles. The van der Waals surface area contributed by atoms with Crippen molar-refractivity contribution in [1.82, 2.24) is 15.2 Å². The minimum absolute atomic E-state index is 0.0287. The Morgan fingerprint density at radius 1 is 1.31 bits per heavy atom. The second-order valence-corrected chi connectivity index (χ2v) is 6.87. The highest BCUT2D eigenvalue weighted by Gasteiger charge is 2.12. The number of ether oxygens (including phenoxy) is 2. The molecule has 0 saturated carbocycles. The van der Waals surface area contributed by atoms with Crippen molar-refractivity contribution in [3.8, 4) is 5.75 Å². The van der Waals surface area contributed by atoms with E-state index < -0.39 is 0 Å². The van der Waals surface area contributed by atoms with Gasteiger partial charge in [-0.15, -0.1) is 11.3 Å². The highest BCUT2D eigenvalue weighted by atomic mass is 32.1. The molecular weight excluding hydrogens is 348 g/mol. The number of nitrogens with one attached hydrogen (secondary N) is 1. The van der Waals surface area contributed by atoms with Crippen molar-refractivity contribution in [3.63, 3.8) is 0 Å². The Bertz CT molecular complexity index is 700. The first-order valence-corrected chi connectivity index (χ1v) is 9.47. The van der Waals surface area contributed by atoms with E-state index in [1.54, 1.807) is 32.6 Å². The van der Waals surface area contributed by atoms with E-state index in [2.05, 4.69) is 37.7 Å². The van der Waals surface area contributed by atoms with Crippen molar-refractivity contribution in [2.45, 2.75) is 26.0 Å². The van der Waals surface area contributed by atoms with E-state index in [1.807, 2.05) is 26.1 Å². The smallest absolute Gasteiger partial charge is 0.193 e. The van der Waals surface area contributed by atoms with Crippen molar-refractivity contribution in [2.75, 3.05) is 34.9 Å². The molecule has 1 atom stereocenters. The van der Waals surface area contributed by atoms with E-state index in [9.17, 15) is 0 Å². The van der Waals surface area contributed by atoms with Gasteiger partial charge in [-0.25, -0.2) is 4.98 Å². The van der Waals surface area contributed by atoms with E-state index in [-0.39, 0.29) is 6.10 Å². The fourth-order valence-corrected chi connectivity index (χ4v) is 3.34. The van der Waals surface area contributed by atoms with Gasteiger partial charge >= 0.3 is 0 Å². The average molecular weight is 377 g/mol. The van der Waals surface area contributed by atoms with E-state index >= 15 is 0 Å². The van der Waals surface area contributed by atoms with Crippen LogP contribution in [0.3, 0.4) is 0 Å². The number of hydrogen-bond acceptors (Lipinski definition) is 5. The monoisotopic (exact) mass is 376 g/mol. The summed E-state index contributed by atoms with van der Waals surface area (Å²) < 4.78 is 10.5. The van der Waals surface area contributed by atoms with Gasteiger partial charge in [0.1, 0.15) is 16.9 Å². The number of methoxy groups -OCH3 is 2. The van der Waals surface area contributed by atoms with Gasteiger partial charge in [0, 0.05) is 33.1 Å². The van der Waals surface area contributed by atoms with Gasteiger partial charge in [-0.3, -0.25) is 4.99 Å². The maximum absolute atomic E-state index is 5.32. The molecule has 1 aromatic heterocycles. The molecule has 1 heterocycles. The summed E-state index contributed by atoms with van der Waals surface area (Å²) >= 11 is 1.63. The van der Waals surface area contributed by atoms with Crippen molar-refractivity contribution in [2.24, 2.45) is 4.99 Å². The average Bonchev–Trinajstić information content (AvgIpc) is 3.13. The molecule has 6 nitrogen and oxygen atoms in total. The zero-order chi connectivity index (χ0) is 18.9. The van der Waals surface area contributed by atoms with Gasteiger partial charge in [0.15, 0.2) is 5.96 Å². The Hall–Kier alpha value is -2.12. The number of aromatic nitrogens is 1. The van der Waals surface area contributed by atoms with Crippen molar-refractivity contribution >= 4 is 17.3 Å². The van der Waals surface area contributed by atoms with Crippen LogP contribution in [0.1, 0.15) is 29.3 Å². The first kappa shape index (κ1) is 20.2. The van der Waals surface area contributed by atoms with Crippen LogP contribution in [0.4, 0.5) is 0 Å². The second kappa shape index (κ2) is 10.1. The van der Waals surface area contributed by atoms with Crippen molar-refractivity contribution < 1.29 is 9.47 Å². The Labute approximate surface area is 159 Å². The fraction of sp³-hybridized carbons (Fsp3) is 0.474. The largest absolute Gasteiger partial charge is 0.497 e. The number of benzene rings is 1. The van der Waals surface area contributed by atoms with Crippen LogP contribution in [-0.2, 0) is 17.7 Å². The summed E-state index contributed by atoms with van der Waals surface area (Å²) in [4.78, 5) is 11.1. The first-order valence-electron chi connectivity index (χ1n) is 8.59. The Balaban J connectivity index is 1.84. The molecule has 0 fully saturated rings. The van der Waals surface area contributed by atoms with Gasteiger partial charge in [0.25, 0.3) is 0 Å². The molecule has 0 bridgehead atoms. The SMILES string of the molecule is CN=C(NCCc1ccc(OC)cc1)N(C)Cc1csc(C(C)OC)n1. The predicted molar refractivity (Wildman–Crippen MR) is 107 cm³/mol. The normalized spacial score (nSPS) is 12.7. The quantitative estimate of drug-likeness (QED) is 0.567. The Kier molecular flexibility index (Phi) is 7.87. The summed E-state index contributed by atoms with van der Waals surface area (Å²) in [5.74, 6) is 1.73. The van der Waals surface area contributed by atoms with E-state index in [4.69, 9.17) is 9.47 Å². The molecule has 0 amide bonds. The van der Waals surface area contributed by atoms with Crippen LogP contribution in [0.15, 0.2) is 34.6 Å². The van der Waals surface area contributed by atoms with Crippen LogP contribution in [-0.4, -0.2) is 50.7 Å². The van der Waals surface area contributed by atoms with Crippen LogP contribution >= 0.6 is 11.3 Å². The molecule has 0 saturated heterocycles. The van der Waals surface area contributed by atoms with Crippen LogP contribution in [0.5, 0.6) is 5.75 Å². The molecule has 2 aromatic rings. The molecule has 1 aromatic carbocycles. The summed E-state index contributed by atoms with van der Waals surface area (Å²) in [6.45, 7) is 3.52. The number of hydrogen-bond donors (Lipinski definition) is 1. The lowest BCUT2D eigenvalue weighted by Crippen LogP contribution is -2.39. The topological polar surface area (TPSA) is 59.0 Å². The third-order valence-corrected chi connectivity index (χ3v) is 5.15. The molecule has 0 aliphatic rings. The van der Waals surface area contributed by atoms with Gasteiger partial charge < -0.3 is 19.7 Å². The molecule has 2 rings (SSSR count). The van der Waals surface area contributed by atoms with Crippen molar-refractivity contribution in [1.29, 1.82) is 0 Å². The fourth-order valence-electron chi connectivity index (χ4n) is 2.50. The molecule has 0 radical (unpaired) electrons. The van der Waals surface area contributed by atoms with Gasteiger partial charge in [0.05, 0.1) is 19.3 Å². The summed E-state index contributed by atoms with van der Waals surface area (Å²) in [6.07, 6.45) is 0.948. The zero-order valence-corrected chi connectivity index (χ0v) is 17.0. The molecular formula is C19H28N4O2S. The Morgan fingerprint density at radius 3 is 2.65 bits per heavy atom. The number of aliphatic imine (C=N–C) groups is 1. The number of guanidine groups is 1. The maximum atomic E-state index is 5.32. The summed E-state index contributed by atoms with van der Waals surface area (Å²) in [5, 5.41) is 6.48. The van der Waals surface area contributed by atoms with E-state index in [0.717, 1.165) is 35.4 Å². The number of nitrogens with zero attached hydrogens (tertiary/aromatic N) is 3. The minimum atomic E-state index is 0.0287. The Morgan fingerprint density at radius 2 is 2.04 bits per heavy atom. The van der Waals surface area contributed by atoms with Crippen LogP contribution in [0.2, 0.25) is 0 Å². The molecule has 1 N–H and O–H groups in total. The number of thiazole rings is 1.